The lowest BCUT2D eigenvalue weighted by Gasteiger charge is -2.38. The van der Waals surface area contributed by atoms with Crippen LogP contribution in [0.2, 0.25) is 0 Å². The second-order valence-electron chi connectivity index (χ2n) is 6.09. The average molecular weight is 252 g/mol. The van der Waals surface area contributed by atoms with Gasteiger partial charge in [0.2, 0.25) is 5.91 Å². The molecule has 1 amide bonds. The Kier molecular flexibility index (Phi) is 3.57. The molecule has 0 bridgehead atoms. The Bertz CT molecular complexity index is 315. The molecule has 2 N–H and O–H groups in total. The number of carbonyl (C=O) groups is 1. The van der Waals surface area contributed by atoms with E-state index in [0.717, 1.165) is 45.6 Å². The zero-order valence-electron chi connectivity index (χ0n) is 11.0. The second kappa shape index (κ2) is 5.17. The molecule has 0 radical (unpaired) electrons. The van der Waals surface area contributed by atoms with E-state index < -0.39 is 0 Å². The van der Waals surface area contributed by atoms with Crippen LogP contribution in [0.4, 0.5) is 0 Å². The van der Waals surface area contributed by atoms with Crippen molar-refractivity contribution in [3.63, 3.8) is 0 Å². The van der Waals surface area contributed by atoms with Crippen LogP contribution in [0.25, 0.3) is 0 Å². The van der Waals surface area contributed by atoms with Gasteiger partial charge in [-0.05, 0) is 38.1 Å². The summed E-state index contributed by atoms with van der Waals surface area (Å²) in [7, 11) is 0. The lowest BCUT2D eigenvalue weighted by molar-refractivity contribution is -0.135. The Morgan fingerprint density at radius 2 is 2.06 bits per heavy atom. The quantitative estimate of drug-likeness (QED) is 0.772. The molecule has 0 aromatic heterocycles. The number of rotatable bonds is 2. The summed E-state index contributed by atoms with van der Waals surface area (Å²) < 4.78 is 5.35. The van der Waals surface area contributed by atoms with Crippen LogP contribution in [0.5, 0.6) is 0 Å². The zero-order chi connectivity index (χ0) is 12.4. The van der Waals surface area contributed by atoms with Crippen molar-refractivity contribution in [2.75, 3.05) is 26.3 Å². The lowest BCUT2D eigenvalue weighted by atomic mass is 9.67. The molecule has 4 heteroatoms. The monoisotopic (exact) mass is 252 g/mol. The van der Waals surface area contributed by atoms with Crippen LogP contribution in [0.1, 0.15) is 38.5 Å². The summed E-state index contributed by atoms with van der Waals surface area (Å²) in [5.74, 6) is 0.871. The molecule has 1 aliphatic carbocycles. The van der Waals surface area contributed by atoms with Gasteiger partial charge in [0.05, 0.1) is 5.41 Å². The minimum Gasteiger partial charge on any atom is -0.381 e. The van der Waals surface area contributed by atoms with Gasteiger partial charge < -0.3 is 15.4 Å². The summed E-state index contributed by atoms with van der Waals surface area (Å²) in [5, 5.41) is 6.73. The molecular formula is C14H24N2O2. The van der Waals surface area contributed by atoms with E-state index >= 15 is 0 Å². The lowest BCUT2D eigenvalue weighted by Crippen LogP contribution is -2.51. The van der Waals surface area contributed by atoms with Gasteiger partial charge in [-0.15, -0.1) is 0 Å². The van der Waals surface area contributed by atoms with Gasteiger partial charge in [-0.3, -0.25) is 4.79 Å². The van der Waals surface area contributed by atoms with E-state index in [1.165, 1.54) is 19.3 Å². The summed E-state index contributed by atoms with van der Waals surface area (Å²) in [4.78, 5) is 12.7. The Hall–Kier alpha value is -0.610. The van der Waals surface area contributed by atoms with E-state index in [2.05, 4.69) is 10.6 Å². The molecule has 3 aliphatic rings. The van der Waals surface area contributed by atoms with Crippen LogP contribution < -0.4 is 10.6 Å². The maximum atomic E-state index is 12.7. The standard InChI is InChI=1S/C14H24N2O2/c17-13(16-12-4-7-18-8-5-12)14-6-2-1-3-11(14)9-15-10-14/h11-12,15H,1-10H2,(H,16,17)/t11-,14+/m0/s1. The predicted octanol–water partition coefficient (Wildman–Crippen LogP) is 1.06. The van der Waals surface area contributed by atoms with Crippen LogP contribution in [0.3, 0.4) is 0 Å². The number of hydrogen-bond donors (Lipinski definition) is 2. The topological polar surface area (TPSA) is 50.4 Å². The highest BCUT2D eigenvalue weighted by Gasteiger charge is 2.50. The van der Waals surface area contributed by atoms with Crippen LogP contribution >= 0.6 is 0 Å². The van der Waals surface area contributed by atoms with E-state index in [0.29, 0.717) is 17.9 Å². The molecular weight excluding hydrogens is 228 g/mol. The molecule has 2 atom stereocenters. The van der Waals surface area contributed by atoms with E-state index in [9.17, 15) is 4.79 Å². The number of nitrogens with one attached hydrogen (secondary N) is 2. The number of fused-ring (bicyclic) bond motifs is 1. The molecule has 102 valence electrons. The Balaban J connectivity index is 1.66. The first-order valence-electron chi connectivity index (χ1n) is 7.41. The highest BCUT2D eigenvalue weighted by Crippen LogP contribution is 2.44. The van der Waals surface area contributed by atoms with Crippen molar-refractivity contribution < 1.29 is 9.53 Å². The Morgan fingerprint density at radius 1 is 1.22 bits per heavy atom. The minimum atomic E-state index is -0.101. The first-order valence-corrected chi connectivity index (χ1v) is 7.41. The maximum absolute atomic E-state index is 12.7. The number of hydrogen-bond acceptors (Lipinski definition) is 3. The fourth-order valence-electron chi connectivity index (χ4n) is 3.86. The smallest absolute Gasteiger partial charge is 0.228 e. The van der Waals surface area contributed by atoms with Crippen molar-refractivity contribution in [1.29, 1.82) is 0 Å². The summed E-state index contributed by atoms with van der Waals surface area (Å²) in [5.41, 5.74) is -0.101. The third kappa shape index (κ3) is 2.16. The Labute approximate surface area is 109 Å². The second-order valence-corrected chi connectivity index (χ2v) is 6.09. The average Bonchev–Trinajstić information content (AvgIpc) is 2.85. The van der Waals surface area contributed by atoms with Gasteiger partial charge in [0.1, 0.15) is 0 Å². The highest BCUT2D eigenvalue weighted by atomic mass is 16.5. The SMILES string of the molecule is O=C(NC1CCOCC1)[C@@]12CCCC[C@H]1CNC2. The van der Waals surface area contributed by atoms with Gasteiger partial charge in [-0.1, -0.05) is 12.8 Å². The molecule has 0 spiro atoms. The van der Waals surface area contributed by atoms with Crippen LogP contribution in [-0.4, -0.2) is 38.3 Å². The summed E-state index contributed by atoms with van der Waals surface area (Å²) in [6.45, 7) is 3.49. The van der Waals surface area contributed by atoms with Crippen molar-refractivity contribution in [3.05, 3.63) is 0 Å². The van der Waals surface area contributed by atoms with Gasteiger partial charge in [-0.2, -0.15) is 0 Å². The third-order valence-corrected chi connectivity index (χ3v) is 5.05. The molecule has 3 rings (SSSR count). The predicted molar refractivity (Wildman–Crippen MR) is 69.2 cm³/mol. The summed E-state index contributed by atoms with van der Waals surface area (Å²) in [6, 6.07) is 0.337. The fraction of sp³-hybridized carbons (Fsp3) is 0.929. The van der Waals surface area contributed by atoms with Gasteiger partial charge in [0, 0.05) is 25.8 Å². The zero-order valence-corrected chi connectivity index (χ0v) is 11.0. The number of amides is 1. The highest BCUT2D eigenvalue weighted by molar-refractivity contribution is 5.84. The minimum absolute atomic E-state index is 0.101. The van der Waals surface area contributed by atoms with Crippen molar-refractivity contribution in [2.45, 2.75) is 44.6 Å². The fourth-order valence-corrected chi connectivity index (χ4v) is 3.86. The summed E-state index contributed by atoms with van der Waals surface area (Å²) in [6.07, 6.45) is 6.73. The molecule has 3 fully saturated rings. The molecule has 18 heavy (non-hydrogen) atoms. The molecule has 0 aromatic rings. The summed E-state index contributed by atoms with van der Waals surface area (Å²) >= 11 is 0. The van der Waals surface area contributed by atoms with Gasteiger partial charge >= 0.3 is 0 Å². The van der Waals surface area contributed by atoms with Crippen molar-refractivity contribution >= 4 is 5.91 Å². The first-order chi connectivity index (χ1) is 8.81. The normalized spacial score (nSPS) is 37.2. The van der Waals surface area contributed by atoms with Gasteiger partial charge in [0.25, 0.3) is 0 Å². The molecule has 2 saturated heterocycles. The van der Waals surface area contributed by atoms with Crippen molar-refractivity contribution in [1.82, 2.24) is 10.6 Å². The number of carbonyl (C=O) groups excluding carboxylic acids is 1. The first kappa shape index (κ1) is 12.4. The molecule has 0 aromatic carbocycles. The molecule has 1 saturated carbocycles. The van der Waals surface area contributed by atoms with E-state index in [4.69, 9.17) is 4.74 Å². The molecule has 4 nitrogen and oxygen atoms in total. The molecule has 0 unspecified atom stereocenters. The van der Waals surface area contributed by atoms with E-state index in [1.807, 2.05) is 0 Å². The third-order valence-electron chi connectivity index (χ3n) is 5.05. The van der Waals surface area contributed by atoms with Crippen LogP contribution in [0.15, 0.2) is 0 Å². The van der Waals surface area contributed by atoms with Gasteiger partial charge in [-0.25, -0.2) is 0 Å². The van der Waals surface area contributed by atoms with Crippen molar-refractivity contribution in [2.24, 2.45) is 11.3 Å². The van der Waals surface area contributed by atoms with E-state index in [-0.39, 0.29) is 5.41 Å². The van der Waals surface area contributed by atoms with Crippen LogP contribution in [0, 0.1) is 11.3 Å². The molecule has 2 aliphatic heterocycles. The Morgan fingerprint density at radius 3 is 2.89 bits per heavy atom. The van der Waals surface area contributed by atoms with Gasteiger partial charge in [0.15, 0.2) is 0 Å². The maximum Gasteiger partial charge on any atom is 0.228 e. The molecule has 2 heterocycles. The number of ether oxygens (including phenoxy) is 1. The van der Waals surface area contributed by atoms with E-state index in [1.54, 1.807) is 0 Å². The van der Waals surface area contributed by atoms with Crippen molar-refractivity contribution in [3.8, 4) is 0 Å². The van der Waals surface area contributed by atoms with Crippen LogP contribution in [-0.2, 0) is 9.53 Å². The largest absolute Gasteiger partial charge is 0.381 e.